The van der Waals surface area contributed by atoms with Gasteiger partial charge in [0.2, 0.25) is 0 Å². The molecule has 0 spiro atoms. The fourth-order valence-electron chi connectivity index (χ4n) is 3.44. The van der Waals surface area contributed by atoms with Gasteiger partial charge in [-0.15, -0.1) is 0 Å². The van der Waals surface area contributed by atoms with E-state index < -0.39 is 0 Å². The number of halogens is 1. The van der Waals surface area contributed by atoms with E-state index in [1.165, 1.54) is 12.4 Å². The topological polar surface area (TPSA) is 109 Å². The lowest BCUT2D eigenvalue weighted by atomic mass is 10.2. The minimum Gasteiger partial charge on any atom is -0.393 e. The van der Waals surface area contributed by atoms with E-state index in [1.54, 1.807) is 12.1 Å². The monoisotopic (exact) mass is 394 g/mol. The van der Waals surface area contributed by atoms with Gasteiger partial charge in [0.15, 0.2) is 11.6 Å². The number of nitrogens with two attached hydrogens (primary N) is 1. The van der Waals surface area contributed by atoms with Gasteiger partial charge in [0, 0.05) is 39.3 Å². The maximum absolute atomic E-state index is 14.1. The summed E-state index contributed by atoms with van der Waals surface area (Å²) in [7, 11) is 0. The van der Waals surface area contributed by atoms with Crippen molar-refractivity contribution in [3.63, 3.8) is 0 Å². The Kier molecular flexibility index (Phi) is 6.64. The quantitative estimate of drug-likeness (QED) is 0.761. The molecule has 0 atom stereocenters. The highest BCUT2D eigenvalue weighted by molar-refractivity contribution is 5.76. The highest BCUT2D eigenvalue weighted by Crippen LogP contribution is 2.30. The summed E-state index contributed by atoms with van der Waals surface area (Å²) in [5, 5.41) is 17.8. The zero-order valence-electron chi connectivity index (χ0n) is 16.1. The Morgan fingerprint density at radius 2 is 1.62 bits per heavy atom. The van der Waals surface area contributed by atoms with Crippen molar-refractivity contribution >= 4 is 23.0 Å². The molecule has 1 fully saturated rings. The summed E-state index contributed by atoms with van der Waals surface area (Å²) in [5.74, 6) is 0.939. The van der Waals surface area contributed by atoms with Crippen LogP contribution in [0, 0.1) is 28.5 Å². The third-order valence-electron chi connectivity index (χ3n) is 4.90. The summed E-state index contributed by atoms with van der Waals surface area (Å²) in [5.41, 5.74) is 7.41. The molecule has 0 bridgehead atoms. The second-order valence-electron chi connectivity index (χ2n) is 6.66. The first-order valence-electron chi connectivity index (χ1n) is 9.49. The van der Waals surface area contributed by atoms with E-state index in [9.17, 15) is 4.39 Å². The molecule has 29 heavy (non-hydrogen) atoms. The van der Waals surface area contributed by atoms with Crippen molar-refractivity contribution in [3.8, 4) is 12.1 Å². The highest BCUT2D eigenvalue weighted by Gasteiger charge is 2.24. The number of para-hydroxylation sites is 1. The summed E-state index contributed by atoms with van der Waals surface area (Å²) in [4.78, 5) is 14.6. The van der Waals surface area contributed by atoms with Crippen LogP contribution in [0.4, 0.5) is 27.4 Å². The van der Waals surface area contributed by atoms with Crippen LogP contribution in [0.2, 0.25) is 0 Å². The average molecular weight is 394 g/mol. The first-order chi connectivity index (χ1) is 14.2. The predicted octanol–water partition coefficient (Wildman–Crippen LogP) is 2.16. The molecule has 1 aromatic heterocycles. The van der Waals surface area contributed by atoms with Crippen molar-refractivity contribution in [2.45, 2.75) is 12.8 Å². The van der Waals surface area contributed by atoms with E-state index in [1.807, 2.05) is 15.9 Å². The zero-order chi connectivity index (χ0) is 20.6. The molecule has 1 aromatic carbocycles. The maximum Gasteiger partial charge on any atom is 0.157 e. The molecular weight excluding hydrogens is 371 g/mol. The Morgan fingerprint density at radius 3 is 2.24 bits per heavy atom. The normalized spacial score (nSPS) is 13.6. The molecule has 8 nitrogen and oxygen atoms in total. The van der Waals surface area contributed by atoms with Crippen LogP contribution in [0.3, 0.4) is 0 Å². The Bertz CT molecular complexity index is 893. The number of nitrogens with zero attached hydrogens (tertiary/aromatic N) is 7. The number of piperazine rings is 1. The molecule has 9 heteroatoms. The first kappa shape index (κ1) is 20.2. The molecule has 0 amide bonds. The number of anilines is 4. The van der Waals surface area contributed by atoms with Gasteiger partial charge in [0.1, 0.15) is 17.8 Å². The first-order valence-corrected chi connectivity index (χ1v) is 9.49. The van der Waals surface area contributed by atoms with Crippen LogP contribution in [0.15, 0.2) is 30.6 Å². The second kappa shape index (κ2) is 9.56. The Labute approximate surface area is 169 Å². The van der Waals surface area contributed by atoms with E-state index in [0.717, 1.165) is 0 Å². The molecule has 2 aromatic rings. The third-order valence-corrected chi connectivity index (χ3v) is 4.90. The van der Waals surface area contributed by atoms with Gasteiger partial charge in [-0.3, -0.25) is 0 Å². The number of hydrogen-bond acceptors (Lipinski definition) is 8. The fourth-order valence-corrected chi connectivity index (χ4v) is 3.44. The number of benzene rings is 1. The maximum atomic E-state index is 14.1. The van der Waals surface area contributed by atoms with Gasteiger partial charge in [-0.2, -0.15) is 10.5 Å². The van der Waals surface area contributed by atoms with E-state index in [0.29, 0.717) is 75.1 Å². The van der Waals surface area contributed by atoms with Gasteiger partial charge >= 0.3 is 0 Å². The third kappa shape index (κ3) is 4.64. The largest absolute Gasteiger partial charge is 0.393 e. The number of nitriles is 2. The molecule has 2 heterocycles. The van der Waals surface area contributed by atoms with Crippen molar-refractivity contribution in [1.82, 2.24) is 9.97 Å². The van der Waals surface area contributed by atoms with E-state index >= 15 is 0 Å². The van der Waals surface area contributed by atoms with Crippen molar-refractivity contribution in [1.29, 1.82) is 10.5 Å². The summed E-state index contributed by atoms with van der Waals surface area (Å²) >= 11 is 0. The lowest BCUT2D eigenvalue weighted by Crippen LogP contribution is -2.47. The number of aromatic nitrogens is 2. The van der Waals surface area contributed by atoms with Crippen LogP contribution >= 0.6 is 0 Å². The lowest BCUT2D eigenvalue weighted by Gasteiger charge is -2.37. The molecule has 0 radical (unpaired) electrons. The fraction of sp³-hybridized carbons (Fsp3) is 0.400. The van der Waals surface area contributed by atoms with E-state index in [-0.39, 0.29) is 5.82 Å². The smallest absolute Gasteiger partial charge is 0.157 e. The zero-order valence-corrected chi connectivity index (χ0v) is 16.1. The Hall–Kier alpha value is -3.59. The lowest BCUT2D eigenvalue weighted by molar-refractivity contribution is 0.596. The summed E-state index contributed by atoms with van der Waals surface area (Å²) in [6.45, 7) is 3.47. The van der Waals surface area contributed by atoms with Crippen LogP contribution in [-0.4, -0.2) is 49.2 Å². The van der Waals surface area contributed by atoms with Crippen LogP contribution < -0.4 is 20.4 Å². The van der Waals surface area contributed by atoms with Gasteiger partial charge in [0.05, 0.1) is 30.7 Å². The molecule has 0 unspecified atom stereocenters. The molecule has 150 valence electrons. The van der Waals surface area contributed by atoms with Crippen molar-refractivity contribution < 1.29 is 4.39 Å². The van der Waals surface area contributed by atoms with Gasteiger partial charge in [-0.05, 0) is 12.1 Å². The summed E-state index contributed by atoms with van der Waals surface area (Å²) in [6.07, 6.45) is 2.08. The van der Waals surface area contributed by atoms with E-state index in [2.05, 4.69) is 27.0 Å². The minimum atomic E-state index is -0.226. The Balaban J connectivity index is 1.75. The van der Waals surface area contributed by atoms with Crippen LogP contribution in [0.5, 0.6) is 0 Å². The Morgan fingerprint density at radius 1 is 1.00 bits per heavy atom. The van der Waals surface area contributed by atoms with Crippen molar-refractivity contribution in [2.24, 2.45) is 0 Å². The average Bonchev–Trinajstić information content (AvgIpc) is 2.75. The van der Waals surface area contributed by atoms with Crippen LogP contribution in [0.25, 0.3) is 0 Å². The van der Waals surface area contributed by atoms with Gasteiger partial charge < -0.3 is 20.4 Å². The molecule has 1 aliphatic rings. The summed E-state index contributed by atoms with van der Waals surface area (Å²) in [6, 6.07) is 11.0. The van der Waals surface area contributed by atoms with Crippen molar-refractivity contribution in [3.05, 3.63) is 36.4 Å². The molecule has 0 saturated carbocycles. The van der Waals surface area contributed by atoms with Gasteiger partial charge in [0.25, 0.3) is 0 Å². The molecular formula is C20H23FN8. The molecule has 1 aliphatic heterocycles. The van der Waals surface area contributed by atoms with Gasteiger partial charge in [-0.1, -0.05) is 12.1 Å². The second-order valence-corrected chi connectivity index (χ2v) is 6.66. The molecule has 2 N–H and O–H groups in total. The number of nitrogen functional groups attached to an aromatic ring is 1. The summed E-state index contributed by atoms with van der Waals surface area (Å²) < 4.78 is 14.1. The van der Waals surface area contributed by atoms with Crippen molar-refractivity contribution in [2.75, 3.05) is 59.7 Å². The van der Waals surface area contributed by atoms with Gasteiger partial charge in [-0.25, -0.2) is 14.4 Å². The number of rotatable bonds is 7. The predicted molar refractivity (Wildman–Crippen MR) is 110 cm³/mol. The number of hydrogen-bond donors (Lipinski definition) is 1. The highest BCUT2D eigenvalue weighted by atomic mass is 19.1. The molecule has 1 saturated heterocycles. The van der Waals surface area contributed by atoms with E-state index in [4.69, 9.17) is 16.3 Å². The molecule has 3 rings (SSSR count). The van der Waals surface area contributed by atoms with Crippen LogP contribution in [-0.2, 0) is 0 Å². The van der Waals surface area contributed by atoms with Crippen LogP contribution in [0.1, 0.15) is 12.8 Å². The standard InChI is InChI=1S/C20H23FN8/c21-16-5-1-2-6-17(16)27-11-13-29(14-12-27)20-18(24)19(25-15-26-20)28(9-3-7-22)10-4-8-23/h1-2,5-6,15H,3-4,9-14,24H2. The minimum absolute atomic E-state index is 0.226. The molecule has 0 aliphatic carbocycles. The SMILES string of the molecule is N#CCCN(CCC#N)c1ncnc(N2CCN(c3ccccc3F)CC2)c1N.